The lowest BCUT2D eigenvalue weighted by Gasteiger charge is -2.35. The maximum atomic E-state index is 13.2. The molecule has 186 valence electrons. The van der Waals surface area contributed by atoms with Crippen molar-refractivity contribution < 1.29 is 13.2 Å². The molecule has 0 saturated heterocycles. The summed E-state index contributed by atoms with van der Waals surface area (Å²) < 4.78 is 26.8. The minimum Gasteiger partial charge on any atom is -0.350 e. The molecule has 1 aliphatic rings. The second-order valence-electron chi connectivity index (χ2n) is 8.42. The number of nitrogens with zero attached hydrogens (tertiary/aromatic N) is 2. The van der Waals surface area contributed by atoms with Crippen LogP contribution in [0.25, 0.3) is 0 Å². The molecular weight excluding hydrogens is 593 g/mol. The Morgan fingerprint density at radius 1 is 1.17 bits per heavy atom. The highest BCUT2D eigenvalue weighted by molar-refractivity contribution is 9.10. The van der Waals surface area contributed by atoms with Crippen LogP contribution in [-0.2, 0) is 23.0 Å². The topological polar surface area (TPSA) is 69.7 Å². The fourth-order valence-electron chi connectivity index (χ4n) is 4.05. The summed E-state index contributed by atoms with van der Waals surface area (Å²) >= 11 is 17.6. The molecule has 3 aromatic rings. The molecule has 1 aliphatic heterocycles. The standard InChI is InChI=1S/C24H24BrCl2N3O3S2/c1-29(2)35(32,33)17-4-5-19(25)18(12-17)24(31)28-13-22(15-3-6-20(26)21(27)11-15)30-9-7-23-16(14-30)8-10-34-23/h3-6,8,10-12,22H,7,9,13-14H2,1-2H3,(H,28,31). The first-order valence-corrected chi connectivity index (χ1v) is 14.7. The van der Waals surface area contributed by atoms with E-state index >= 15 is 0 Å². The average molecular weight is 617 g/mol. The van der Waals surface area contributed by atoms with Crippen molar-refractivity contribution in [1.29, 1.82) is 0 Å². The van der Waals surface area contributed by atoms with E-state index in [-0.39, 0.29) is 22.4 Å². The molecule has 2 aromatic carbocycles. The molecule has 1 atom stereocenters. The maximum absolute atomic E-state index is 13.2. The molecule has 11 heteroatoms. The van der Waals surface area contributed by atoms with Gasteiger partial charge in [-0.3, -0.25) is 9.69 Å². The number of halogens is 3. The van der Waals surface area contributed by atoms with E-state index < -0.39 is 10.0 Å². The predicted molar refractivity (Wildman–Crippen MR) is 145 cm³/mol. The number of rotatable bonds is 7. The van der Waals surface area contributed by atoms with Gasteiger partial charge in [0.15, 0.2) is 0 Å². The van der Waals surface area contributed by atoms with Gasteiger partial charge in [0.1, 0.15) is 0 Å². The van der Waals surface area contributed by atoms with Gasteiger partial charge in [0.2, 0.25) is 10.0 Å². The monoisotopic (exact) mass is 615 g/mol. The summed E-state index contributed by atoms with van der Waals surface area (Å²) in [6.07, 6.45) is 0.939. The van der Waals surface area contributed by atoms with Gasteiger partial charge in [0.05, 0.1) is 26.5 Å². The molecule has 1 aromatic heterocycles. The third kappa shape index (κ3) is 5.77. The van der Waals surface area contributed by atoms with Gasteiger partial charge in [0, 0.05) is 43.1 Å². The van der Waals surface area contributed by atoms with Gasteiger partial charge in [-0.05, 0) is 75.3 Å². The van der Waals surface area contributed by atoms with Gasteiger partial charge in [-0.1, -0.05) is 29.3 Å². The van der Waals surface area contributed by atoms with Gasteiger partial charge >= 0.3 is 0 Å². The normalized spacial score (nSPS) is 15.1. The molecule has 0 spiro atoms. The highest BCUT2D eigenvalue weighted by Crippen LogP contribution is 2.33. The van der Waals surface area contributed by atoms with Crippen molar-refractivity contribution in [3.05, 3.63) is 83.9 Å². The van der Waals surface area contributed by atoms with Crippen LogP contribution in [0.15, 0.2) is 57.2 Å². The first-order chi connectivity index (χ1) is 16.6. The molecule has 35 heavy (non-hydrogen) atoms. The number of hydrogen-bond acceptors (Lipinski definition) is 5. The predicted octanol–water partition coefficient (Wildman–Crippen LogP) is 5.60. The van der Waals surface area contributed by atoms with E-state index in [1.807, 2.05) is 12.1 Å². The van der Waals surface area contributed by atoms with Crippen LogP contribution in [0, 0.1) is 0 Å². The Hall–Kier alpha value is -1.46. The summed E-state index contributed by atoms with van der Waals surface area (Å²) in [6, 6.07) is 12.0. The number of benzene rings is 2. The molecule has 0 radical (unpaired) electrons. The number of nitrogens with one attached hydrogen (secondary N) is 1. The molecule has 1 unspecified atom stereocenters. The smallest absolute Gasteiger partial charge is 0.252 e. The van der Waals surface area contributed by atoms with Gasteiger partial charge in [-0.25, -0.2) is 12.7 Å². The van der Waals surface area contributed by atoms with E-state index in [9.17, 15) is 13.2 Å². The molecule has 1 amide bonds. The van der Waals surface area contributed by atoms with Gasteiger partial charge in [0.25, 0.3) is 5.91 Å². The summed E-state index contributed by atoms with van der Waals surface area (Å²) in [5.41, 5.74) is 2.49. The van der Waals surface area contributed by atoms with Crippen LogP contribution in [0.5, 0.6) is 0 Å². The summed E-state index contributed by atoms with van der Waals surface area (Å²) in [5.74, 6) is -0.369. The highest BCUT2D eigenvalue weighted by atomic mass is 79.9. The van der Waals surface area contributed by atoms with Crippen molar-refractivity contribution >= 4 is 66.4 Å². The molecule has 0 aliphatic carbocycles. The molecule has 6 nitrogen and oxygen atoms in total. The zero-order chi connectivity index (χ0) is 25.3. The fraction of sp³-hybridized carbons (Fsp3) is 0.292. The van der Waals surface area contributed by atoms with Crippen LogP contribution in [0.3, 0.4) is 0 Å². The molecule has 2 heterocycles. The van der Waals surface area contributed by atoms with E-state index in [1.54, 1.807) is 23.5 Å². The van der Waals surface area contributed by atoms with Crippen molar-refractivity contribution in [2.45, 2.75) is 23.9 Å². The van der Waals surface area contributed by atoms with E-state index in [0.717, 1.165) is 29.4 Å². The molecule has 0 bridgehead atoms. The zero-order valence-corrected chi connectivity index (χ0v) is 23.8. The van der Waals surface area contributed by atoms with Crippen LogP contribution >= 0.6 is 50.5 Å². The number of carbonyl (C=O) groups excluding carboxylic acids is 1. The second kappa shape index (κ2) is 10.9. The number of carbonyl (C=O) groups is 1. The lowest BCUT2D eigenvalue weighted by atomic mass is 10.0. The summed E-state index contributed by atoms with van der Waals surface area (Å²) in [6.45, 7) is 1.92. The fourth-order valence-corrected chi connectivity index (χ4v) is 6.60. The third-order valence-corrected chi connectivity index (χ3v) is 10.3. The first-order valence-electron chi connectivity index (χ1n) is 10.8. The number of sulfonamides is 1. The Balaban J connectivity index is 1.60. The largest absolute Gasteiger partial charge is 0.350 e. The van der Waals surface area contributed by atoms with E-state index in [2.05, 4.69) is 37.6 Å². The van der Waals surface area contributed by atoms with Gasteiger partial charge < -0.3 is 5.32 Å². The first kappa shape index (κ1) is 26.6. The van der Waals surface area contributed by atoms with Gasteiger partial charge in [-0.15, -0.1) is 11.3 Å². The highest BCUT2D eigenvalue weighted by Gasteiger charge is 2.27. The van der Waals surface area contributed by atoms with E-state index in [0.29, 0.717) is 21.1 Å². The third-order valence-electron chi connectivity index (χ3n) is 6.02. The van der Waals surface area contributed by atoms with Crippen LogP contribution in [-0.4, -0.2) is 50.7 Å². The number of hydrogen-bond donors (Lipinski definition) is 1. The van der Waals surface area contributed by atoms with E-state index in [4.69, 9.17) is 23.2 Å². The lowest BCUT2D eigenvalue weighted by molar-refractivity contribution is 0.0927. The minimum atomic E-state index is -3.67. The van der Waals surface area contributed by atoms with Crippen molar-refractivity contribution in [1.82, 2.24) is 14.5 Å². The van der Waals surface area contributed by atoms with Crippen LogP contribution < -0.4 is 5.32 Å². The van der Waals surface area contributed by atoms with Crippen molar-refractivity contribution in [3.8, 4) is 0 Å². The quantitative estimate of drug-likeness (QED) is 0.375. The molecule has 1 N–H and O–H groups in total. The van der Waals surface area contributed by atoms with Gasteiger partial charge in [-0.2, -0.15) is 0 Å². The Bertz CT molecular complexity index is 1360. The van der Waals surface area contributed by atoms with Crippen LogP contribution in [0.1, 0.15) is 32.4 Å². The molecule has 4 rings (SSSR count). The number of fused-ring (bicyclic) bond motifs is 1. The van der Waals surface area contributed by atoms with Crippen LogP contribution in [0.2, 0.25) is 10.0 Å². The van der Waals surface area contributed by atoms with Crippen molar-refractivity contribution in [2.75, 3.05) is 27.2 Å². The molecule has 0 fully saturated rings. The van der Waals surface area contributed by atoms with Crippen LogP contribution in [0.4, 0.5) is 0 Å². The minimum absolute atomic E-state index is 0.0536. The summed E-state index contributed by atoms with van der Waals surface area (Å²) in [4.78, 5) is 17.0. The number of amides is 1. The maximum Gasteiger partial charge on any atom is 0.252 e. The lowest BCUT2D eigenvalue weighted by Crippen LogP contribution is -2.40. The van der Waals surface area contributed by atoms with E-state index in [1.165, 1.54) is 36.7 Å². The molecule has 0 saturated carbocycles. The second-order valence-corrected chi connectivity index (χ2v) is 13.2. The average Bonchev–Trinajstić information content (AvgIpc) is 3.29. The number of thiophene rings is 1. The summed E-state index contributed by atoms with van der Waals surface area (Å²) in [5, 5.41) is 6.04. The Morgan fingerprint density at radius 2 is 1.94 bits per heavy atom. The Labute approximate surface area is 228 Å². The Kier molecular flexibility index (Phi) is 8.27. The van der Waals surface area contributed by atoms with Crippen molar-refractivity contribution in [3.63, 3.8) is 0 Å². The molecular formula is C24H24BrCl2N3O3S2. The zero-order valence-electron chi connectivity index (χ0n) is 19.1. The Morgan fingerprint density at radius 3 is 2.66 bits per heavy atom. The van der Waals surface area contributed by atoms with Crippen molar-refractivity contribution in [2.24, 2.45) is 0 Å². The SMILES string of the molecule is CN(C)S(=O)(=O)c1ccc(Br)c(C(=O)NCC(c2ccc(Cl)c(Cl)c2)N2CCc3sccc3C2)c1. The summed E-state index contributed by atoms with van der Waals surface area (Å²) in [7, 11) is -0.765.